The number of hydrogen-bond donors (Lipinski definition) is 1. The quantitative estimate of drug-likeness (QED) is 0.580. The van der Waals surface area contributed by atoms with Crippen LogP contribution < -0.4 is 5.43 Å². The van der Waals surface area contributed by atoms with Crippen LogP contribution in [0, 0.1) is 5.82 Å². The molecule has 4 nitrogen and oxygen atoms in total. The Morgan fingerprint density at radius 1 is 1.04 bits per heavy atom. The van der Waals surface area contributed by atoms with E-state index in [-0.39, 0.29) is 5.43 Å². The Balaban J connectivity index is 2.14. The normalized spacial score (nSPS) is 11.0. The van der Waals surface area contributed by atoms with Gasteiger partial charge in [0, 0.05) is 41.3 Å². The topological polar surface area (TPSA) is 58.6 Å². The average molecular weight is 352 g/mol. The number of pyridine rings is 3. The number of nitrogens with one attached hydrogen (secondary N) is 1. The van der Waals surface area contributed by atoms with Crippen LogP contribution in [-0.4, -0.2) is 15.0 Å². The first-order chi connectivity index (χ1) is 12.1. The predicted octanol–water partition coefficient (Wildman–Crippen LogP) is 4.44. The fourth-order valence-corrected chi connectivity index (χ4v) is 2.98. The van der Waals surface area contributed by atoms with Gasteiger partial charge in [-0.2, -0.15) is 0 Å². The molecule has 0 amide bonds. The van der Waals surface area contributed by atoms with E-state index in [1.807, 2.05) is 0 Å². The van der Waals surface area contributed by atoms with Crippen molar-refractivity contribution in [3.63, 3.8) is 0 Å². The van der Waals surface area contributed by atoms with Gasteiger partial charge < -0.3 is 4.98 Å². The maximum Gasteiger partial charge on any atom is 0.191 e. The molecule has 4 rings (SSSR count). The van der Waals surface area contributed by atoms with E-state index in [4.69, 9.17) is 11.6 Å². The number of fused-ring (bicyclic) bond motifs is 1. The van der Waals surface area contributed by atoms with Crippen molar-refractivity contribution >= 4 is 22.6 Å². The maximum atomic E-state index is 14.4. The molecule has 0 spiro atoms. The van der Waals surface area contributed by atoms with Crippen LogP contribution in [0.15, 0.2) is 65.8 Å². The summed E-state index contributed by atoms with van der Waals surface area (Å²) < 4.78 is 14.4. The number of aromatic amines is 1. The van der Waals surface area contributed by atoms with Gasteiger partial charge in [0.15, 0.2) is 5.43 Å². The van der Waals surface area contributed by atoms with E-state index in [0.29, 0.717) is 38.4 Å². The van der Waals surface area contributed by atoms with Gasteiger partial charge in [0.2, 0.25) is 0 Å². The van der Waals surface area contributed by atoms with Crippen LogP contribution in [0.4, 0.5) is 4.39 Å². The molecule has 0 aliphatic carbocycles. The van der Waals surface area contributed by atoms with Crippen molar-refractivity contribution in [2.75, 3.05) is 0 Å². The molecule has 1 N–H and O–H groups in total. The van der Waals surface area contributed by atoms with Crippen molar-refractivity contribution in [3.05, 3.63) is 82.1 Å². The zero-order chi connectivity index (χ0) is 17.4. The summed E-state index contributed by atoms with van der Waals surface area (Å²) in [5.41, 5.74) is 2.15. The molecule has 0 saturated heterocycles. The third-order valence-electron chi connectivity index (χ3n) is 3.93. The monoisotopic (exact) mass is 351 g/mol. The third-order valence-corrected chi connectivity index (χ3v) is 4.24. The van der Waals surface area contributed by atoms with Gasteiger partial charge in [-0.05, 0) is 24.3 Å². The SMILES string of the molecule is O=c1cc[nH]c2nc(-c3ccccc3F)c(-c3ccncc3Cl)cc12. The van der Waals surface area contributed by atoms with Crippen LogP contribution in [0.25, 0.3) is 33.4 Å². The third kappa shape index (κ3) is 2.68. The highest BCUT2D eigenvalue weighted by atomic mass is 35.5. The molecule has 0 bridgehead atoms. The van der Waals surface area contributed by atoms with E-state index in [1.165, 1.54) is 24.5 Å². The number of nitrogens with zero attached hydrogens (tertiary/aromatic N) is 2. The van der Waals surface area contributed by atoms with E-state index in [1.54, 1.807) is 36.5 Å². The van der Waals surface area contributed by atoms with Crippen molar-refractivity contribution in [1.82, 2.24) is 15.0 Å². The Kier molecular flexibility index (Phi) is 3.78. The molecule has 1 aromatic carbocycles. The van der Waals surface area contributed by atoms with Crippen LogP contribution >= 0.6 is 11.6 Å². The summed E-state index contributed by atoms with van der Waals surface area (Å²) in [6, 6.07) is 11.2. The Bertz CT molecular complexity index is 1160. The van der Waals surface area contributed by atoms with Gasteiger partial charge in [-0.15, -0.1) is 0 Å². The summed E-state index contributed by atoms with van der Waals surface area (Å²) >= 11 is 6.28. The Morgan fingerprint density at radius 3 is 2.68 bits per heavy atom. The highest BCUT2D eigenvalue weighted by molar-refractivity contribution is 6.33. The molecule has 0 atom stereocenters. The van der Waals surface area contributed by atoms with E-state index in [0.717, 1.165) is 0 Å². The van der Waals surface area contributed by atoms with Gasteiger partial charge in [0.1, 0.15) is 11.5 Å². The summed E-state index contributed by atoms with van der Waals surface area (Å²) in [5, 5.41) is 0.805. The zero-order valence-electron chi connectivity index (χ0n) is 12.8. The van der Waals surface area contributed by atoms with E-state index in [9.17, 15) is 9.18 Å². The molecule has 3 heterocycles. The molecule has 0 unspecified atom stereocenters. The second-order valence-corrected chi connectivity index (χ2v) is 5.87. The molecule has 0 fully saturated rings. The standard InChI is InChI=1S/C19H11ClFN3O/c20-15-10-22-7-5-11(15)13-9-14-17(25)6-8-23-19(14)24-18(13)12-3-1-2-4-16(12)21/h1-10H,(H,23,24,25). The second kappa shape index (κ2) is 6.11. The van der Waals surface area contributed by atoms with Crippen LogP contribution in [0.2, 0.25) is 5.02 Å². The second-order valence-electron chi connectivity index (χ2n) is 5.46. The average Bonchev–Trinajstić information content (AvgIpc) is 2.62. The zero-order valence-corrected chi connectivity index (χ0v) is 13.6. The van der Waals surface area contributed by atoms with Crippen molar-refractivity contribution in [3.8, 4) is 22.4 Å². The lowest BCUT2D eigenvalue weighted by Gasteiger charge is -2.12. The van der Waals surface area contributed by atoms with Crippen LogP contribution in [-0.2, 0) is 0 Å². The molecule has 0 radical (unpaired) electrons. The Morgan fingerprint density at radius 2 is 1.88 bits per heavy atom. The molecule has 4 aromatic rings. The predicted molar refractivity (Wildman–Crippen MR) is 96.0 cm³/mol. The van der Waals surface area contributed by atoms with Crippen molar-refractivity contribution in [2.24, 2.45) is 0 Å². The number of halogens is 2. The smallest absolute Gasteiger partial charge is 0.191 e. The van der Waals surface area contributed by atoms with Gasteiger partial charge in [0.25, 0.3) is 0 Å². The number of H-pyrrole nitrogens is 1. The molecule has 0 saturated carbocycles. The molecule has 3 aromatic heterocycles. The van der Waals surface area contributed by atoms with Gasteiger partial charge in [0.05, 0.1) is 16.1 Å². The minimum absolute atomic E-state index is 0.173. The molecular weight excluding hydrogens is 341 g/mol. The summed E-state index contributed by atoms with van der Waals surface area (Å²) in [6.07, 6.45) is 4.61. The number of benzene rings is 1. The number of rotatable bonds is 2. The highest BCUT2D eigenvalue weighted by Gasteiger charge is 2.17. The highest BCUT2D eigenvalue weighted by Crippen LogP contribution is 2.36. The Labute approximate surface area is 147 Å². The first-order valence-electron chi connectivity index (χ1n) is 7.52. The largest absolute Gasteiger partial charge is 0.346 e. The minimum Gasteiger partial charge on any atom is -0.346 e. The first-order valence-corrected chi connectivity index (χ1v) is 7.90. The van der Waals surface area contributed by atoms with Crippen molar-refractivity contribution < 1.29 is 4.39 Å². The lowest BCUT2D eigenvalue weighted by Crippen LogP contribution is -2.04. The van der Waals surface area contributed by atoms with Gasteiger partial charge in [-0.1, -0.05) is 23.7 Å². The number of aromatic nitrogens is 3. The molecular formula is C19H11ClFN3O. The van der Waals surface area contributed by atoms with Gasteiger partial charge in [-0.3, -0.25) is 9.78 Å². The summed E-state index contributed by atoms with van der Waals surface area (Å²) in [5.74, 6) is -0.404. The summed E-state index contributed by atoms with van der Waals surface area (Å²) in [6.45, 7) is 0. The Hall–Kier alpha value is -3.05. The summed E-state index contributed by atoms with van der Waals surface area (Å²) in [7, 11) is 0. The van der Waals surface area contributed by atoms with Crippen LogP contribution in [0.1, 0.15) is 0 Å². The first kappa shape index (κ1) is 15.5. The fraction of sp³-hybridized carbons (Fsp3) is 0. The molecule has 25 heavy (non-hydrogen) atoms. The molecule has 6 heteroatoms. The van der Waals surface area contributed by atoms with E-state index in [2.05, 4.69) is 15.0 Å². The van der Waals surface area contributed by atoms with Crippen molar-refractivity contribution in [2.45, 2.75) is 0 Å². The summed E-state index contributed by atoms with van der Waals surface area (Å²) in [4.78, 5) is 23.6. The molecule has 122 valence electrons. The molecule has 0 aliphatic heterocycles. The van der Waals surface area contributed by atoms with E-state index >= 15 is 0 Å². The van der Waals surface area contributed by atoms with E-state index < -0.39 is 5.82 Å². The minimum atomic E-state index is -0.404. The van der Waals surface area contributed by atoms with Gasteiger partial charge in [-0.25, -0.2) is 9.37 Å². The lowest BCUT2D eigenvalue weighted by atomic mass is 9.98. The van der Waals surface area contributed by atoms with Gasteiger partial charge >= 0.3 is 0 Å². The van der Waals surface area contributed by atoms with Crippen molar-refractivity contribution in [1.29, 1.82) is 0 Å². The van der Waals surface area contributed by atoms with Crippen LogP contribution in [0.3, 0.4) is 0 Å². The molecule has 0 aliphatic rings. The maximum absolute atomic E-state index is 14.4. The fourth-order valence-electron chi connectivity index (χ4n) is 2.75. The van der Waals surface area contributed by atoms with Crippen LogP contribution in [0.5, 0.6) is 0 Å². The lowest BCUT2D eigenvalue weighted by molar-refractivity contribution is 0.631. The number of hydrogen-bond acceptors (Lipinski definition) is 3.